The molecule has 0 saturated carbocycles. The van der Waals surface area contributed by atoms with Gasteiger partial charge in [-0.15, -0.1) is 0 Å². The maximum absolute atomic E-state index is 12.2. The van der Waals surface area contributed by atoms with Crippen LogP contribution >= 0.6 is 0 Å². The molecule has 0 spiro atoms. The minimum absolute atomic E-state index is 0.0888. The molecule has 0 unspecified atom stereocenters. The molecule has 0 N–H and O–H groups in total. The minimum atomic E-state index is -0.637. The maximum atomic E-state index is 12.2. The van der Waals surface area contributed by atoms with Gasteiger partial charge in [0, 0.05) is 17.2 Å². The van der Waals surface area contributed by atoms with Crippen LogP contribution in [0.15, 0.2) is 104 Å². The highest BCUT2D eigenvalue weighted by Crippen LogP contribution is 2.34. The first-order valence-corrected chi connectivity index (χ1v) is 13.9. The number of hydrogen-bond acceptors (Lipinski definition) is 9. The van der Waals surface area contributed by atoms with Crippen LogP contribution in [0.2, 0.25) is 0 Å². The second kappa shape index (κ2) is 17.0. The molecule has 0 aliphatic carbocycles. The molecule has 3 rings (SSSR count). The highest BCUT2D eigenvalue weighted by molar-refractivity contribution is 5.91. The van der Waals surface area contributed by atoms with E-state index in [1.54, 1.807) is 18.2 Å². The van der Waals surface area contributed by atoms with Crippen LogP contribution in [0.5, 0.6) is 28.7 Å². The Labute approximate surface area is 257 Å². The lowest BCUT2D eigenvalue weighted by Crippen LogP contribution is -2.12. The number of benzene rings is 3. The number of carbonyl (C=O) groups excluding carboxylic acids is 3. The number of hydrogen-bond donors (Lipinski definition) is 0. The summed E-state index contributed by atoms with van der Waals surface area (Å²) in [5, 5.41) is 0. The van der Waals surface area contributed by atoms with E-state index in [4.69, 9.17) is 28.4 Å². The van der Waals surface area contributed by atoms with Gasteiger partial charge in [0.25, 0.3) is 0 Å². The van der Waals surface area contributed by atoms with Gasteiger partial charge in [0.1, 0.15) is 30.5 Å². The molecule has 0 bridgehead atoms. The Hall–Kier alpha value is -5.31. The van der Waals surface area contributed by atoms with Gasteiger partial charge in [-0.2, -0.15) is 0 Å². The fraction of sp³-hybridized carbons (Fsp3) is 0.229. The highest BCUT2D eigenvalue weighted by atomic mass is 16.6. The molecule has 3 aromatic carbocycles. The van der Waals surface area contributed by atoms with Crippen molar-refractivity contribution in [1.82, 2.24) is 0 Å². The van der Waals surface area contributed by atoms with Crippen LogP contribution in [0.3, 0.4) is 0 Å². The van der Waals surface area contributed by atoms with Crippen molar-refractivity contribution >= 4 is 17.9 Å². The lowest BCUT2D eigenvalue weighted by molar-refractivity contribution is -0.138. The fourth-order valence-corrected chi connectivity index (χ4v) is 3.55. The Kier molecular flexibility index (Phi) is 12.8. The number of rotatable bonds is 17. The molecule has 230 valence electrons. The van der Waals surface area contributed by atoms with E-state index in [1.165, 1.54) is 13.8 Å². The van der Waals surface area contributed by atoms with E-state index in [0.29, 0.717) is 44.3 Å². The average Bonchev–Trinajstić information content (AvgIpc) is 3.02. The highest BCUT2D eigenvalue weighted by Gasteiger charge is 2.16. The maximum Gasteiger partial charge on any atom is 0.338 e. The molecule has 0 heterocycles. The quantitative estimate of drug-likeness (QED) is 0.0727. The zero-order valence-corrected chi connectivity index (χ0v) is 25.0. The van der Waals surface area contributed by atoms with E-state index >= 15 is 0 Å². The van der Waals surface area contributed by atoms with E-state index < -0.39 is 17.9 Å². The summed E-state index contributed by atoms with van der Waals surface area (Å²) in [5.41, 5.74) is 1.99. The Balaban J connectivity index is 1.47. The number of carbonyl (C=O) groups is 3. The number of esters is 3. The van der Waals surface area contributed by atoms with Gasteiger partial charge in [0.05, 0.1) is 13.2 Å². The normalized spacial score (nSPS) is 10.2. The molecule has 0 atom stereocenters. The molecule has 9 nitrogen and oxygen atoms in total. The van der Waals surface area contributed by atoms with Gasteiger partial charge < -0.3 is 28.4 Å². The van der Waals surface area contributed by atoms with Crippen molar-refractivity contribution in [2.75, 3.05) is 26.4 Å². The van der Waals surface area contributed by atoms with Crippen molar-refractivity contribution in [3.8, 4) is 39.9 Å². The van der Waals surface area contributed by atoms with E-state index in [9.17, 15) is 14.4 Å². The zero-order chi connectivity index (χ0) is 31.9. The summed E-state index contributed by atoms with van der Waals surface area (Å²) in [6, 6.07) is 19.6. The van der Waals surface area contributed by atoms with Crippen LogP contribution in [-0.4, -0.2) is 44.3 Å². The number of ether oxygens (including phenoxy) is 6. The van der Waals surface area contributed by atoms with Crippen molar-refractivity contribution in [1.29, 1.82) is 0 Å². The molecular weight excluding hydrogens is 564 g/mol. The van der Waals surface area contributed by atoms with Gasteiger partial charge in [-0.05, 0) is 86.3 Å². The molecule has 9 heteroatoms. The molecule has 44 heavy (non-hydrogen) atoms. The Morgan fingerprint density at radius 1 is 0.614 bits per heavy atom. The third-order valence-electron chi connectivity index (χ3n) is 5.90. The molecule has 0 aromatic heterocycles. The minimum Gasteiger partial charge on any atom is -0.494 e. The molecule has 0 aliphatic rings. The van der Waals surface area contributed by atoms with Crippen LogP contribution in [0.4, 0.5) is 0 Å². The third kappa shape index (κ3) is 10.8. The first-order valence-electron chi connectivity index (χ1n) is 13.9. The summed E-state index contributed by atoms with van der Waals surface area (Å²) in [4.78, 5) is 35.2. The van der Waals surface area contributed by atoms with Gasteiger partial charge in [0.2, 0.25) is 0 Å². The van der Waals surface area contributed by atoms with Gasteiger partial charge in [-0.1, -0.05) is 37.9 Å². The Morgan fingerprint density at radius 3 is 1.59 bits per heavy atom. The zero-order valence-electron chi connectivity index (χ0n) is 25.0. The van der Waals surface area contributed by atoms with Crippen LogP contribution in [0.1, 0.15) is 26.7 Å². The second-order valence-electron chi connectivity index (χ2n) is 9.62. The van der Waals surface area contributed by atoms with Crippen molar-refractivity contribution in [3.05, 3.63) is 104 Å². The van der Waals surface area contributed by atoms with Gasteiger partial charge in [-0.3, -0.25) is 0 Å². The summed E-state index contributed by atoms with van der Waals surface area (Å²) >= 11 is 0. The first kappa shape index (κ1) is 33.2. The molecule has 0 amide bonds. The third-order valence-corrected chi connectivity index (χ3v) is 5.90. The van der Waals surface area contributed by atoms with Crippen molar-refractivity contribution in [2.24, 2.45) is 0 Å². The average molecular weight is 601 g/mol. The summed E-state index contributed by atoms with van der Waals surface area (Å²) in [5.74, 6) is 0.562. The Morgan fingerprint density at radius 2 is 1.07 bits per heavy atom. The summed E-state index contributed by atoms with van der Waals surface area (Å²) in [7, 11) is 0. The topological polar surface area (TPSA) is 107 Å². The SMILES string of the molecule is C=CC(=O)OCCCCOc1ccc(OCCOc2ccc(-c3ccc(OC(=O)C(=C)C)c(OC(=O)C(=C)C)c3)cc2)cc1. The smallest absolute Gasteiger partial charge is 0.338 e. The first-order chi connectivity index (χ1) is 21.2. The lowest BCUT2D eigenvalue weighted by atomic mass is 10.0. The molecule has 0 aliphatic heterocycles. The standard InChI is InChI=1S/C35H36O9/c1-6-33(36)42-20-8-7-19-39-29-14-16-30(17-15-29)41-22-21-40-28-12-9-26(10-13-28)27-11-18-31(43-34(37)24(2)3)32(23-27)44-35(38)25(4)5/h6,9-18,23H,1-2,4,7-8,19-22H2,3,5H3. The predicted octanol–water partition coefficient (Wildman–Crippen LogP) is 6.66. The summed E-state index contributed by atoms with van der Waals surface area (Å²) in [6.45, 7) is 15.1. The predicted molar refractivity (Wildman–Crippen MR) is 166 cm³/mol. The van der Waals surface area contributed by atoms with Crippen LogP contribution in [-0.2, 0) is 19.1 Å². The van der Waals surface area contributed by atoms with Gasteiger partial charge in [0.15, 0.2) is 11.5 Å². The van der Waals surface area contributed by atoms with Crippen LogP contribution < -0.4 is 23.7 Å². The fourth-order valence-electron chi connectivity index (χ4n) is 3.55. The van der Waals surface area contributed by atoms with Crippen LogP contribution in [0, 0.1) is 0 Å². The largest absolute Gasteiger partial charge is 0.494 e. The van der Waals surface area contributed by atoms with E-state index in [2.05, 4.69) is 19.7 Å². The molecular formula is C35H36O9. The molecule has 0 saturated heterocycles. The second-order valence-corrected chi connectivity index (χ2v) is 9.62. The van der Waals surface area contributed by atoms with Crippen molar-refractivity contribution < 1.29 is 42.8 Å². The molecule has 0 fully saturated rings. The van der Waals surface area contributed by atoms with Gasteiger partial charge in [-0.25, -0.2) is 14.4 Å². The van der Waals surface area contributed by atoms with E-state index in [-0.39, 0.29) is 22.6 Å². The Bertz CT molecular complexity index is 1470. The van der Waals surface area contributed by atoms with E-state index in [0.717, 1.165) is 29.4 Å². The van der Waals surface area contributed by atoms with E-state index in [1.807, 2.05) is 48.5 Å². The van der Waals surface area contributed by atoms with Crippen molar-refractivity contribution in [3.63, 3.8) is 0 Å². The van der Waals surface area contributed by atoms with Crippen molar-refractivity contribution in [2.45, 2.75) is 26.7 Å². The van der Waals surface area contributed by atoms with Gasteiger partial charge >= 0.3 is 17.9 Å². The summed E-state index contributed by atoms with van der Waals surface area (Å²) in [6.07, 6.45) is 2.61. The summed E-state index contributed by atoms with van der Waals surface area (Å²) < 4.78 is 32.9. The number of unbranched alkanes of at least 4 members (excludes halogenated alkanes) is 1. The molecule has 3 aromatic rings. The van der Waals surface area contributed by atoms with Crippen LogP contribution in [0.25, 0.3) is 11.1 Å². The molecule has 0 radical (unpaired) electrons. The monoisotopic (exact) mass is 600 g/mol. The lowest BCUT2D eigenvalue weighted by Gasteiger charge is -2.13.